The number of sulfone groups is 1. The highest BCUT2D eigenvalue weighted by Crippen LogP contribution is 2.29. The molecule has 0 unspecified atom stereocenters. The summed E-state index contributed by atoms with van der Waals surface area (Å²) < 4.78 is 25.0. The minimum absolute atomic E-state index is 0.173. The second-order valence-corrected chi connectivity index (χ2v) is 8.21. The second-order valence-electron chi connectivity index (χ2n) is 5.98. The predicted molar refractivity (Wildman–Crippen MR) is 91.4 cm³/mol. The van der Waals surface area contributed by atoms with Gasteiger partial charge in [-0.3, -0.25) is 4.79 Å². The molecule has 0 bridgehead atoms. The zero-order valence-electron chi connectivity index (χ0n) is 13.7. The summed E-state index contributed by atoms with van der Waals surface area (Å²) >= 11 is 0. The molecular weight excluding hydrogens is 312 g/mol. The first-order chi connectivity index (χ1) is 11.1. The Hall–Kier alpha value is -1.40. The molecule has 1 aromatic rings. The average Bonchev–Trinajstić information content (AvgIpc) is 3.10. The van der Waals surface area contributed by atoms with Crippen molar-refractivity contribution in [1.29, 1.82) is 0 Å². The number of carbonyl (C=O) groups is 1. The number of carbonyl (C=O) groups excluding carboxylic acids is 1. The van der Waals surface area contributed by atoms with Crippen LogP contribution in [0.15, 0.2) is 29.2 Å². The number of amides is 1. The largest absolute Gasteiger partial charge is 0.351 e. The van der Waals surface area contributed by atoms with Crippen LogP contribution in [0.3, 0.4) is 0 Å². The standard InChI is InChI=1S/C17H26N2O3S/c1-2-11-18-12-13-19-17(20)14-7-9-16(10-8-14)23(21,22)15-5-3-4-6-15/h7-10,15,18H,2-6,11-13H2,1H3,(H,19,20). The quantitative estimate of drug-likeness (QED) is 0.712. The lowest BCUT2D eigenvalue weighted by Gasteiger charge is -2.11. The van der Waals surface area contributed by atoms with Crippen LogP contribution in [0.4, 0.5) is 0 Å². The van der Waals surface area contributed by atoms with Crippen LogP contribution in [-0.4, -0.2) is 39.2 Å². The fourth-order valence-corrected chi connectivity index (χ4v) is 4.71. The molecule has 0 atom stereocenters. The third kappa shape index (κ3) is 4.78. The first kappa shape index (κ1) is 17.9. The summed E-state index contributed by atoms with van der Waals surface area (Å²) in [5.41, 5.74) is 0.492. The van der Waals surface area contributed by atoms with Crippen molar-refractivity contribution in [2.75, 3.05) is 19.6 Å². The van der Waals surface area contributed by atoms with Gasteiger partial charge in [-0.25, -0.2) is 8.42 Å². The minimum Gasteiger partial charge on any atom is -0.351 e. The third-order valence-corrected chi connectivity index (χ3v) is 6.48. The van der Waals surface area contributed by atoms with Crippen LogP contribution >= 0.6 is 0 Å². The van der Waals surface area contributed by atoms with E-state index in [1.165, 1.54) is 0 Å². The molecule has 0 aliphatic heterocycles. The minimum atomic E-state index is -3.25. The van der Waals surface area contributed by atoms with E-state index < -0.39 is 9.84 Å². The van der Waals surface area contributed by atoms with Gasteiger partial charge >= 0.3 is 0 Å². The fraction of sp³-hybridized carbons (Fsp3) is 0.588. The maximum Gasteiger partial charge on any atom is 0.251 e. The maximum absolute atomic E-state index is 12.5. The molecule has 6 heteroatoms. The summed E-state index contributed by atoms with van der Waals surface area (Å²) in [6.07, 6.45) is 4.52. The van der Waals surface area contributed by atoms with E-state index in [0.717, 1.165) is 45.2 Å². The van der Waals surface area contributed by atoms with Gasteiger partial charge < -0.3 is 10.6 Å². The fourth-order valence-electron chi connectivity index (χ4n) is 2.86. The first-order valence-corrected chi connectivity index (χ1v) is 9.93. The van der Waals surface area contributed by atoms with Gasteiger partial charge in [0, 0.05) is 18.7 Å². The Morgan fingerprint density at radius 2 is 1.74 bits per heavy atom. The predicted octanol–water partition coefficient (Wildman–Crippen LogP) is 2.13. The van der Waals surface area contributed by atoms with E-state index in [9.17, 15) is 13.2 Å². The molecule has 2 N–H and O–H groups in total. The van der Waals surface area contributed by atoms with Crippen molar-refractivity contribution in [3.05, 3.63) is 29.8 Å². The summed E-state index contributed by atoms with van der Waals surface area (Å²) in [7, 11) is -3.25. The number of nitrogens with one attached hydrogen (secondary N) is 2. The van der Waals surface area contributed by atoms with E-state index >= 15 is 0 Å². The van der Waals surface area contributed by atoms with Crippen LogP contribution in [0.5, 0.6) is 0 Å². The molecule has 1 amide bonds. The third-order valence-electron chi connectivity index (χ3n) is 4.20. The molecule has 0 spiro atoms. The van der Waals surface area contributed by atoms with E-state index in [0.29, 0.717) is 17.0 Å². The van der Waals surface area contributed by atoms with Gasteiger partial charge in [0.2, 0.25) is 0 Å². The van der Waals surface area contributed by atoms with Crippen molar-refractivity contribution >= 4 is 15.7 Å². The monoisotopic (exact) mass is 338 g/mol. The van der Waals surface area contributed by atoms with Gasteiger partial charge in [0.25, 0.3) is 5.91 Å². The highest BCUT2D eigenvalue weighted by Gasteiger charge is 2.30. The molecule has 1 aliphatic rings. The molecule has 2 rings (SSSR count). The maximum atomic E-state index is 12.5. The van der Waals surface area contributed by atoms with Crippen LogP contribution in [0, 0.1) is 0 Å². The van der Waals surface area contributed by atoms with Crippen molar-refractivity contribution in [2.45, 2.75) is 49.2 Å². The van der Waals surface area contributed by atoms with Gasteiger partial charge in [-0.15, -0.1) is 0 Å². The van der Waals surface area contributed by atoms with Crippen LogP contribution in [0.25, 0.3) is 0 Å². The van der Waals surface area contributed by atoms with Crippen molar-refractivity contribution in [3.8, 4) is 0 Å². The summed E-state index contributed by atoms with van der Waals surface area (Å²) in [6.45, 7) is 4.31. The number of hydrogen-bond donors (Lipinski definition) is 2. The Kier molecular flexibility index (Phi) is 6.59. The van der Waals surface area contributed by atoms with Gasteiger partial charge in [0.05, 0.1) is 10.1 Å². The molecular formula is C17H26N2O3S. The Morgan fingerprint density at radius 3 is 2.35 bits per heavy atom. The Labute approximate surface area is 138 Å². The van der Waals surface area contributed by atoms with Gasteiger partial charge in [0.15, 0.2) is 9.84 Å². The number of hydrogen-bond acceptors (Lipinski definition) is 4. The van der Waals surface area contributed by atoms with Gasteiger partial charge in [0.1, 0.15) is 0 Å². The van der Waals surface area contributed by atoms with Crippen molar-refractivity contribution < 1.29 is 13.2 Å². The highest BCUT2D eigenvalue weighted by atomic mass is 32.2. The van der Waals surface area contributed by atoms with Crippen LogP contribution in [-0.2, 0) is 9.84 Å². The smallest absolute Gasteiger partial charge is 0.251 e. The summed E-state index contributed by atoms with van der Waals surface area (Å²) in [6, 6.07) is 6.29. The van der Waals surface area contributed by atoms with Crippen molar-refractivity contribution in [3.63, 3.8) is 0 Å². The molecule has 23 heavy (non-hydrogen) atoms. The van der Waals surface area contributed by atoms with E-state index in [1.54, 1.807) is 24.3 Å². The molecule has 128 valence electrons. The lowest BCUT2D eigenvalue weighted by atomic mass is 10.2. The molecule has 0 heterocycles. The SMILES string of the molecule is CCCNCCNC(=O)c1ccc(S(=O)(=O)C2CCCC2)cc1. The van der Waals surface area contributed by atoms with E-state index in [-0.39, 0.29) is 11.2 Å². The van der Waals surface area contributed by atoms with Gasteiger partial charge in [-0.05, 0) is 50.1 Å². The van der Waals surface area contributed by atoms with E-state index in [4.69, 9.17) is 0 Å². The summed E-state index contributed by atoms with van der Waals surface area (Å²) in [4.78, 5) is 12.3. The second kappa shape index (κ2) is 8.45. The summed E-state index contributed by atoms with van der Waals surface area (Å²) in [5, 5.41) is 5.77. The number of benzene rings is 1. The lowest BCUT2D eigenvalue weighted by molar-refractivity contribution is 0.0954. The Morgan fingerprint density at radius 1 is 1.09 bits per heavy atom. The van der Waals surface area contributed by atoms with Crippen molar-refractivity contribution in [1.82, 2.24) is 10.6 Å². The summed E-state index contributed by atoms with van der Waals surface area (Å²) in [5.74, 6) is -0.173. The molecule has 1 aromatic carbocycles. The molecule has 1 fully saturated rings. The van der Waals surface area contributed by atoms with E-state index in [2.05, 4.69) is 17.6 Å². The van der Waals surface area contributed by atoms with E-state index in [1.807, 2.05) is 0 Å². The lowest BCUT2D eigenvalue weighted by Crippen LogP contribution is -2.32. The van der Waals surface area contributed by atoms with Crippen LogP contribution in [0.1, 0.15) is 49.4 Å². The highest BCUT2D eigenvalue weighted by molar-refractivity contribution is 7.92. The average molecular weight is 338 g/mol. The molecule has 0 aromatic heterocycles. The van der Waals surface area contributed by atoms with Crippen LogP contribution < -0.4 is 10.6 Å². The number of rotatable bonds is 8. The normalized spacial score (nSPS) is 15.7. The molecule has 0 saturated heterocycles. The zero-order valence-corrected chi connectivity index (χ0v) is 14.5. The van der Waals surface area contributed by atoms with Gasteiger partial charge in [-0.1, -0.05) is 19.8 Å². The zero-order chi connectivity index (χ0) is 16.7. The molecule has 0 radical (unpaired) electrons. The molecule has 1 saturated carbocycles. The molecule has 1 aliphatic carbocycles. The van der Waals surface area contributed by atoms with Crippen molar-refractivity contribution in [2.24, 2.45) is 0 Å². The van der Waals surface area contributed by atoms with Gasteiger partial charge in [-0.2, -0.15) is 0 Å². The first-order valence-electron chi connectivity index (χ1n) is 8.38. The Balaban J connectivity index is 1.92. The topological polar surface area (TPSA) is 75.3 Å². The van der Waals surface area contributed by atoms with Crippen LogP contribution in [0.2, 0.25) is 0 Å². The molecule has 5 nitrogen and oxygen atoms in total. The Bertz CT molecular complexity index is 605.